The topological polar surface area (TPSA) is 41.1 Å². The van der Waals surface area contributed by atoms with Gasteiger partial charge in [0.1, 0.15) is 0 Å². The molecule has 2 aliphatic rings. The van der Waals surface area contributed by atoms with E-state index in [4.69, 9.17) is 0 Å². The minimum absolute atomic E-state index is 0.197. The van der Waals surface area contributed by atoms with Crippen LogP contribution in [0.2, 0.25) is 0 Å². The fourth-order valence-corrected chi connectivity index (χ4v) is 2.95. The average molecular weight is 224 g/mol. The molecule has 0 spiro atoms. The molecule has 2 fully saturated rings. The second-order valence-electron chi connectivity index (χ2n) is 5.34. The quantitative estimate of drug-likeness (QED) is 0.703. The highest BCUT2D eigenvalue weighted by Gasteiger charge is 2.30. The van der Waals surface area contributed by atoms with E-state index in [1.165, 1.54) is 38.5 Å². The van der Waals surface area contributed by atoms with Gasteiger partial charge in [-0.05, 0) is 32.7 Å². The molecular weight excluding hydrogens is 200 g/mol. The molecule has 0 aromatic rings. The lowest BCUT2D eigenvalue weighted by Crippen LogP contribution is -2.41. The van der Waals surface area contributed by atoms with Gasteiger partial charge in [0.25, 0.3) is 0 Å². The van der Waals surface area contributed by atoms with Crippen molar-refractivity contribution >= 4 is 5.91 Å². The summed E-state index contributed by atoms with van der Waals surface area (Å²) in [6.07, 6.45) is 8.61. The highest BCUT2D eigenvalue weighted by atomic mass is 16.2. The van der Waals surface area contributed by atoms with Gasteiger partial charge in [-0.2, -0.15) is 0 Å². The first-order valence-corrected chi connectivity index (χ1v) is 6.81. The van der Waals surface area contributed by atoms with Crippen molar-refractivity contribution in [3.05, 3.63) is 0 Å². The maximum atomic E-state index is 12.1. The molecule has 2 atom stereocenters. The molecule has 0 bridgehead atoms. The van der Waals surface area contributed by atoms with Gasteiger partial charge in [0.2, 0.25) is 5.91 Å². The molecule has 1 heterocycles. The van der Waals surface area contributed by atoms with Crippen LogP contribution in [0.3, 0.4) is 0 Å². The second-order valence-corrected chi connectivity index (χ2v) is 5.34. The number of carbonyl (C=O) groups excluding carboxylic acids is 1. The van der Waals surface area contributed by atoms with Crippen molar-refractivity contribution < 1.29 is 4.79 Å². The zero-order chi connectivity index (χ0) is 11.4. The largest absolute Gasteiger partial charge is 0.353 e. The lowest BCUT2D eigenvalue weighted by molar-refractivity contribution is -0.125. The molecule has 92 valence electrons. The highest BCUT2D eigenvalue weighted by Crippen LogP contribution is 2.20. The molecule has 2 unspecified atom stereocenters. The fourth-order valence-electron chi connectivity index (χ4n) is 2.95. The Labute approximate surface area is 98.4 Å². The monoisotopic (exact) mass is 224 g/mol. The maximum Gasteiger partial charge on any atom is 0.224 e. The third-order valence-corrected chi connectivity index (χ3v) is 4.06. The van der Waals surface area contributed by atoms with Crippen LogP contribution in [-0.2, 0) is 4.79 Å². The molecule has 0 aromatic carbocycles. The normalized spacial score (nSPS) is 32.3. The van der Waals surface area contributed by atoms with Crippen LogP contribution in [0.5, 0.6) is 0 Å². The van der Waals surface area contributed by atoms with Gasteiger partial charge in [-0.25, -0.2) is 0 Å². The van der Waals surface area contributed by atoms with E-state index in [9.17, 15) is 4.79 Å². The molecule has 3 heteroatoms. The van der Waals surface area contributed by atoms with Crippen molar-refractivity contribution in [3.63, 3.8) is 0 Å². The van der Waals surface area contributed by atoms with Gasteiger partial charge in [-0.3, -0.25) is 4.79 Å². The molecule has 3 nitrogen and oxygen atoms in total. The maximum absolute atomic E-state index is 12.1. The Morgan fingerprint density at radius 3 is 2.38 bits per heavy atom. The zero-order valence-corrected chi connectivity index (χ0v) is 10.3. The van der Waals surface area contributed by atoms with Crippen LogP contribution in [0.15, 0.2) is 0 Å². The van der Waals surface area contributed by atoms with Crippen LogP contribution in [0, 0.1) is 5.92 Å². The zero-order valence-electron chi connectivity index (χ0n) is 10.3. The third kappa shape index (κ3) is 2.97. The molecule has 1 amide bonds. The number of amides is 1. The molecule has 2 N–H and O–H groups in total. The minimum atomic E-state index is 0.197. The van der Waals surface area contributed by atoms with E-state index in [0.717, 1.165) is 13.0 Å². The van der Waals surface area contributed by atoms with Crippen LogP contribution in [0.25, 0.3) is 0 Å². The standard InChI is InChI=1S/C13H24N2O/c1-10-12(8-9-14-10)13(16)15-11-6-4-2-3-5-7-11/h10-12,14H,2-9H2,1H3,(H,15,16). The van der Waals surface area contributed by atoms with E-state index >= 15 is 0 Å². The summed E-state index contributed by atoms with van der Waals surface area (Å²) < 4.78 is 0. The minimum Gasteiger partial charge on any atom is -0.353 e. The van der Waals surface area contributed by atoms with Gasteiger partial charge in [0.15, 0.2) is 0 Å². The Kier molecular flexibility index (Phi) is 4.22. The SMILES string of the molecule is CC1NCCC1C(=O)NC1CCCCCC1. The first-order chi connectivity index (χ1) is 7.77. The summed E-state index contributed by atoms with van der Waals surface area (Å²) in [6.45, 7) is 3.11. The predicted octanol–water partition coefficient (Wildman–Crippen LogP) is 1.82. The summed E-state index contributed by atoms with van der Waals surface area (Å²) in [5.74, 6) is 0.479. The summed E-state index contributed by atoms with van der Waals surface area (Å²) >= 11 is 0. The van der Waals surface area contributed by atoms with E-state index in [1.54, 1.807) is 0 Å². The third-order valence-electron chi connectivity index (χ3n) is 4.06. The predicted molar refractivity (Wildman–Crippen MR) is 65.2 cm³/mol. The van der Waals surface area contributed by atoms with Crippen molar-refractivity contribution in [3.8, 4) is 0 Å². The fraction of sp³-hybridized carbons (Fsp3) is 0.923. The highest BCUT2D eigenvalue weighted by molar-refractivity contribution is 5.80. The number of hydrogen-bond donors (Lipinski definition) is 2. The van der Waals surface area contributed by atoms with Crippen molar-refractivity contribution in [2.45, 2.75) is 64.0 Å². The Balaban J connectivity index is 1.81. The first-order valence-electron chi connectivity index (χ1n) is 6.81. The molecule has 1 saturated carbocycles. The van der Waals surface area contributed by atoms with Gasteiger partial charge in [0, 0.05) is 12.1 Å². The van der Waals surface area contributed by atoms with Crippen molar-refractivity contribution in [1.82, 2.24) is 10.6 Å². The van der Waals surface area contributed by atoms with Crippen molar-refractivity contribution in [1.29, 1.82) is 0 Å². The summed E-state index contributed by atoms with van der Waals surface area (Å²) in [5, 5.41) is 6.59. The Morgan fingerprint density at radius 2 is 1.81 bits per heavy atom. The van der Waals surface area contributed by atoms with E-state index in [1.807, 2.05) is 0 Å². The average Bonchev–Trinajstić information content (AvgIpc) is 2.53. The summed E-state index contributed by atoms with van der Waals surface area (Å²) in [4.78, 5) is 12.1. The van der Waals surface area contributed by atoms with E-state index in [0.29, 0.717) is 12.1 Å². The molecule has 2 rings (SSSR count). The molecule has 1 aliphatic carbocycles. The summed E-state index contributed by atoms with van der Waals surface area (Å²) in [6, 6.07) is 0.800. The summed E-state index contributed by atoms with van der Waals surface area (Å²) in [5.41, 5.74) is 0. The van der Waals surface area contributed by atoms with Crippen LogP contribution in [0.4, 0.5) is 0 Å². The van der Waals surface area contributed by atoms with E-state index in [2.05, 4.69) is 17.6 Å². The smallest absolute Gasteiger partial charge is 0.224 e. The number of carbonyl (C=O) groups is 1. The van der Waals surface area contributed by atoms with Crippen LogP contribution < -0.4 is 10.6 Å². The Morgan fingerprint density at radius 1 is 1.12 bits per heavy atom. The number of hydrogen-bond acceptors (Lipinski definition) is 2. The molecule has 0 aromatic heterocycles. The van der Waals surface area contributed by atoms with Crippen LogP contribution in [0.1, 0.15) is 51.9 Å². The van der Waals surface area contributed by atoms with Crippen molar-refractivity contribution in [2.75, 3.05) is 6.54 Å². The van der Waals surface area contributed by atoms with Gasteiger partial charge >= 0.3 is 0 Å². The van der Waals surface area contributed by atoms with E-state index < -0.39 is 0 Å². The molecule has 1 aliphatic heterocycles. The van der Waals surface area contributed by atoms with Gasteiger partial charge in [-0.1, -0.05) is 25.7 Å². The van der Waals surface area contributed by atoms with Crippen molar-refractivity contribution in [2.24, 2.45) is 5.92 Å². The second kappa shape index (κ2) is 5.67. The van der Waals surface area contributed by atoms with E-state index in [-0.39, 0.29) is 11.8 Å². The van der Waals surface area contributed by atoms with Crippen LogP contribution in [-0.4, -0.2) is 24.5 Å². The van der Waals surface area contributed by atoms with Gasteiger partial charge in [-0.15, -0.1) is 0 Å². The molecule has 1 saturated heterocycles. The first kappa shape index (κ1) is 11.9. The number of rotatable bonds is 2. The Hall–Kier alpha value is -0.570. The van der Waals surface area contributed by atoms with Gasteiger partial charge < -0.3 is 10.6 Å². The number of nitrogens with one attached hydrogen (secondary N) is 2. The summed E-state index contributed by atoms with van der Waals surface area (Å²) in [7, 11) is 0. The molecular formula is C13H24N2O. The lowest BCUT2D eigenvalue weighted by Gasteiger charge is -2.21. The van der Waals surface area contributed by atoms with Gasteiger partial charge in [0.05, 0.1) is 5.92 Å². The van der Waals surface area contributed by atoms with Crippen LogP contribution >= 0.6 is 0 Å². The lowest BCUT2D eigenvalue weighted by atomic mass is 10.00. The Bertz CT molecular complexity index is 234. The molecule has 0 radical (unpaired) electrons. The molecule has 16 heavy (non-hydrogen) atoms.